The summed E-state index contributed by atoms with van der Waals surface area (Å²) in [5.74, 6) is -1.37. The van der Waals surface area contributed by atoms with E-state index in [4.69, 9.17) is 10.8 Å². The Balaban J connectivity index is 4.39. The summed E-state index contributed by atoms with van der Waals surface area (Å²) in [5, 5.41) is 11.1. The van der Waals surface area contributed by atoms with Gasteiger partial charge in [-0.2, -0.15) is 0 Å². The number of hydrogen-bond donors (Lipinski definition) is 3. The van der Waals surface area contributed by atoms with Crippen LogP contribution in [-0.2, 0) is 9.59 Å². The second kappa shape index (κ2) is 7.97. The van der Waals surface area contributed by atoms with Crippen LogP contribution in [-0.4, -0.2) is 52.5 Å². The molecule has 0 aromatic carbocycles. The SMILES string of the molecule is CC(C)N(CCCO)C(=O)C(=O)NCC(N)=S. The average molecular weight is 261 g/mol. The van der Waals surface area contributed by atoms with Gasteiger partial charge in [0.1, 0.15) is 0 Å². The highest BCUT2D eigenvalue weighted by Gasteiger charge is 2.23. The molecule has 7 heteroatoms. The van der Waals surface area contributed by atoms with Crippen molar-refractivity contribution in [2.45, 2.75) is 26.3 Å². The molecule has 0 aliphatic rings. The quantitative estimate of drug-likeness (QED) is 0.421. The maximum Gasteiger partial charge on any atom is 0.312 e. The highest BCUT2D eigenvalue weighted by molar-refractivity contribution is 7.80. The van der Waals surface area contributed by atoms with E-state index in [1.165, 1.54) is 4.90 Å². The van der Waals surface area contributed by atoms with E-state index < -0.39 is 11.8 Å². The lowest BCUT2D eigenvalue weighted by Crippen LogP contribution is -2.48. The van der Waals surface area contributed by atoms with E-state index in [1.54, 1.807) is 13.8 Å². The van der Waals surface area contributed by atoms with Crippen LogP contribution in [0.4, 0.5) is 0 Å². The molecule has 0 atom stereocenters. The van der Waals surface area contributed by atoms with Gasteiger partial charge in [0.2, 0.25) is 0 Å². The number of amides is 2. The number of nitrogens with two attached hydrogens (primary N) is 1. The van der Waals surface area contributed by atoms with Crippen molar-refractivity contribution in [3.63, 3.8) is 0 Å². The summed E-state index contributed by atoms with van der Waals surface area (Å²) in [4.78, 5) is 24.7. The minimum absolute atomic E-state index is 0.00580. The Morgan fingerprint density at radius 1 is 1.47 bits per heavy atom. The Morgan fingerprint density at radius 2 is 2.06 bits per heavy atom. The summed E-state index contributed by atoms with van der Waals surface area (Å²) in [6.45, 7) is 3.93. The monoisotopic (exact) mass is 261 g/mol. The molecule has 0 heterocycles. The first kappa shape index (κ1) is 15.8. The Labute approximate surface area is 106 Å². The topological polar surface area (TPSA) is 95.7 Å². The summed E-state index contributed by atoms with van der Waals surface area (Å²) >= 11 is 4.59. The van der Waals surface area contributed by atoms with Crippen LogP contribution in [0.25, 0.3) is 0 Å². The molecule has 0 fully saturated rings. The Bertz CT molecular complexity index is 295. The van der Waals surface area contributed by atoms with Gasteiger partial charge in [0.05, 0.1) is 11.5 Å². The van der Waals surface area contributed by atoms with Crippen molar-refractivity contribution in [2.75, 3.05) is 19.7 Å². The van der Waals surface area contributed by atoms with E-state index >= 15 is 0 Å². The lowest BCUT2D eigenvalue weighted by molar-refractivity contribution is -0.147. The molecule has 0 spiro atoms. The summed E-state index contributed by atoms with van der Waals surface area (Å²) in [5.41, 5.74) is 5.22. The third-order valence-corrected chi connectivity index (χ3v) is 2.20. The molecule has 2 amide bonds. The summed E-state index contributed by atoms with van der Waals surface area (Å²) in [6, 6.07) is -0.107. The van der Waals surface area contributed by atoms with Crippen LogP contribution in [0.5, 0.6) is 0 Å². The lowest BCUT2D eigenvalue weighted by atomic mass is 10.2. The number of aliphatic hydroxyl groups excluding tert-OH is 1. The average Bonchev–Trinajstić information content (AvgIpc) is 2.25. The van der Waals surface area contributed by atoms with Gasteiger partial charge in [-0.25, -0.2) is 0 Å². The molecule has 0 saturated heterocycles. The van der Waals surface area contributed by atoms with E-state index in [0.29, 0.717) is 13.0 Å². The largest absolute Gasteiger partial charge is 0.396 e. The standard InChI is InChI=1S/C10H19N3O3S/c1-7(2)13(4-3-5-14)10(16)9(15)12-6-8(11)17/h7,14H,3-6H2,1-2H3,(H2,11,17)(H,12,15). The normalized spacial score (nSPS) is 10.1. The van der Waals surface area contributed by atoms with Gasteiger partial charge in [-0.05, 0) is 20.3 Å². The number of carbonyl (C=O) groups is 2. The summed E-state index contributed by atoms with van der Waals surface area (Å²) in [7, 11) is 0. The van der Waals surface area contributed by atoms with E-state index in [1.807, 2.05) is 0 Å². The molecule has 17 heavy (non-hydrogen) atoms. The Morgan fingerprint density at radius 3 is 2.47 bits per heavy atom. The fourth-order valence-corrected chi connectivity index (χ4v) is 1.28. The second-order valence-electron chi connectivity index (χ2n) is 3.82. The van der Waals surface area contributed by atoms with Crippen LogP contribution in [0.3, 0.4) is 0 Å². The van der Waals surface area contributed by atoms with Gasteiger partial charge in [-0.15, -0.1) is 0 Å². The molecule has 0 rings (SSSR count). The first-order valence-corrected chi connectivity index (χ1v) is 5.79. The molecule has 6 nitrogen and oxygen atoms in total. The number of thiocarbonyl (C=S) groups is 1. The number of rotatable bonds is 6. The number of aliphatic hydroxyl groups is 1. The van der Waals surface area contributed by atoms with Crippen LogP contribution in [0.15, 0.2) is 0 Å². The number of nitrogens with one attached hydrogen (secondary N) is 1. The molecule has 0 aliphatic carbocycles. The van der Waals surface area contributed by atoms with E-state index in [-0.39, 0.29) is 24.2 Å². The first-order chi connectivity index (χ1) is 7.90. The zero-order valence-corrected chi connectivity index (χ0v) is 10.9. The van der Waals surface area contributed by atoms with Gasteiger partial charge in [0.25, 0.3) is 0 Å². The number of nitrogens with zero attached hydrogens (tertiary/aromatic N) is 1. The van der Waals surface area contributed by atoms with Crippen molar-refractivity contribution in [1.29, 1.82) is 0 Å². The second-order valence-corrected chi connectivity index (χ2v) is 4.34. The highest BCUT2D eigenvalue weighted by atomic mass is 32.1. The van der Waals surface area contributed by atoms with Crippen molar-refractivity contribution in [3.8, 4) is 0 Å². The fraction of sp³-hybridized carbons (Fsp3) is 0.700. The smallest absolute Gasteiger partial charge is 0.312 e. The molecule has 0 bridgehead atoms. The van der Waals surface area contributed by atoms with Crippen LogP contribution < -0.4 is 11.1 Å². The van der Waals surface area contributed by atoms with Crippen molar-refractivity contribution in [2.24, 2.45) is 5.73 Å². The van der Waals surface area contributed by atoms with Gasteiger partial charge in [0, 0.05) is 19.2 Å². The molecular weight excluding hydrogens is 242 g/mol. The molecule has 0 aromatic rings. The van der Waals surface area contributed by atoms with E-state index in [2.05, 4.69) is 17.5 Å². The van der Waals surface area contributed by atoms with Crippen LogP contribution in [0.1, 0.15) is 20.3 Å². The van der Waals surface area contributed by atoms with Crippen LogP contribution >= 0.6 is 12.2 Å². The molecule has 0 radical (unpaired) electrons. The van der Waals surface area contributed by atoms with E-state index in [0.717, 1.165) is 0 Å². The molecule has 0 aromatic heterocycles. The van der Waals surface area contributed by atoms with Gasteiger partial charge in [0.15, 0.2) is 0 Å². The van der Waals surface area contributed by atoms with Crippen molar-refractivity contribution in [3.05, 3.63) is 0 Å². The van der Waals surface area contributed by atoms with Crippen LogP contribution in [0, 0.1) is 0 Å². The maximum atomic E-state index is 11.8. The van der Waals surface area contributed by atoms with Crippen LogP contribution in [0.2, 0.25) is 0 Å². The summed E-state index contributed by atoms with van der Waals surface area (Å²) < 4.78 is 0. The first-order valence-electron chi connectivity index (χ1n) is 5.38. The molecular formula is C10H19N3O3S. The molecule has 0 unspecified atom stereocenters. The van der Waals surface area contributed by atoms with Crippen molar-refractivity contribution >= 4 is 29.0 Å². The third kappa shape index (κ3) is 6.18. The van der Waals surface area contributed by atoms with Gasteiger partial charge < -0.3 is 21.1 Å². The minimum atomic E-state index is -0.732. The minimum Gasteiger partial charge on any atom is -0.396 e. The number of hydrogen-bond acceptors (Lipinski definition) is 4. The lowest BCUT2D eigenvalue weighted by Gasteiger charge is -2.25. The fourth-order valence-electron chi connectivity index (χ4n) is 1.21. The predicted molar refractivity (Wildman–Crippen MR) is 68.3 cm³/mol. The zero-order valence-electron chi connectivity index (χ0n) is 10.1. The van der Waals surface area contributed by atoms with Crippen molar-refractivity contribution in [1.82, 2.24) is 10.2 Å². The Kier molecular flexibility index (Phi) is 7.40. The maximum absolute atomic E-state index is 11.8. The van der Waals surface area contributed by atoms with Gasteiger partial charge in [-0.1, -0.05) is 12.2 Å². The number of carbonyl (C=O) groups excluding carboxylic acids is 2. The predicted octanol–water partition coefficient (Wildman–Crippen LogP) is -0.992. The van der Waals surface area contributed by atoms with E-state index in [9.17, 15) is 9.59 Å². The summed E-state index contributed by atoms with van der Waals surface area (Å²) in [6.07, 6.45) is 0.437. The zero-order chi connectivity index (χ0) is 13.4. The Hall–Kier alpha value is -1.21. The van der Waals surface area contributed by atoms with Gasteiger partial charge in [-0.3, -0.25) is 9.59 Å². The van der Waals surface area contributed by atoms with Crippen molar-refractivity contribution < 1.29 is 14.7 Å². The molecule has 0 saturated carbocycles. The molecule has 4 N–H and O–H groups in total. The molecule has 0 aliphatic heterocycles. The highest BCUT2D eigenvalue weighted by Crippen LogP contribution is 2.00. The third-order valence-electron chi connectivity index (χ3n) is 2.06. The molecule has 98 valence electrons. The van der Waals surface area contributed by atoms with Gasteiger partial charge >= 0.3 is 11.8 Å².